The monoisotopic (exact) mass is 428 g/mol. The molecule has 0 radical (unpaired) electrons. The summed E-state index contributed by atoms with van der Waals surface area (Å²) >= 11 is 0. The largest absolute Gasteiger partial charge is 0.493 e. The number of benzene rings is 2. The summed E-state index contributed by atoms with van der Waals surface area (Å²) in [5.41, 5.74) is 5.04. The molecule has 1 N–H and O–H groups in total. The van der Waals surface area contributed by atoms with E-state index in [0.29, 0.717) is 28.5 Å². The van der Waals surface area contributed by atoms with Crippen LogP contribution < -0.4 is 19.5 Å². The molecule has 2 aromatic rings. The molecule has 0 spiro atoms. The van der Waals surface area contributed by atoms with E-state index in [1.54, 1.807) is 12.1 Å². The second-order valence-electron chi connectivity index (χ2n) is 7.23. The van der Waals surface area contributed by atoms with Crippen molar-refractivity contribution >= 4 is 23.4 Å². The number of ether oxygens (including phenoxy) is 3. The second kappa shape index (κ2) is 9.39. The number of rotatable bonds is 6. The number of methoxy groups -OCH3 is 3. The average Bonchev–Trinajstić information content (AvgIpc) is 3.18. The maximum atomic E-state index is 13.1. The number of nitrogens with one attached hydrogen (secondary N) is 1. The summed E-state index contributed by atoms with van der Waals surface area (Å²) in [6.07, 6.45) is 12.8. The molecule has 1 aliphatic carbocycles. The summed E-state index contributed by atoms with van der Waals surface area (Å²) in [4.78, 5) is 17.8. The maximum Gasteiger partial charge on any atom is 0.255 e. The van der Waals surface area contributed by atoms with Crippen LogP contribution in [0.1, 0.15) is 22.3 Å². The molecular weight excluding hydrogens is 404 g/mol. The normalized spacial score (nSPS) is 14.4. The van der Waals surface area contributed by atoms with Crippen LogP contribution in [0.5, 0.6) is 17.2 Å². The van der Waals surface area contributed by atoms with Gasteiger partial charge in [-0.25, -0.2) is 0 Å². The van der Waals surface area contributed by atoms with Crippen molar-refractivity contribution in [2.24, 2.45) is 4.99 Å². The molecule has 0 fully saturated rings. The molecule has 6 nitrogen and oxygen atoms in total. The van der Waals surface area contributed by atoms with E-state index in [2.05, 4.69) is 22.5 Å². The summed E-state index contributed by atoms with van der Waals surface area (Å²) in [5, 5.41) is 3.02. The Kier molecular flexibility index (Phi) is 6.22. The molecular formula is C26H24N2O4. The first-order valence-corrected chi connectivity index (χ1v) is 10.2. The Morgan fingerprint density at radius 3 is 2.41 bits per heavy atom. The van der Waals surface area contributed by atoms with Gasteiger partial charge in [0.15, 0.2) is 11.5 Å². The van der Waals surface area contributed by atoms with Gasteiger partial charge in [0.2, 0.25) is 5.75 Å². The number of hydrogen-bond donors (Lipinski definition) is 1. The molecule has 2 aromatic carbocycles. The van der Waals surface area contributed by atoms with Gasteiger partial charge in [-0.2, -0.15) is 0 Å². The first kappa shape index (κ1) is 21.2. The van der Waals surface area contributed by atoms with Crippen molar-refractivity contribution in [1.82, 2.24) is 0 Å². The number of hydrogen-bond acceptors (Lipinski definition) is 5. The van der Waals surface area contributed by atoms with Crippen molar-refractivity contribution in [3.8, 4) is 17.2 Å². The third kappa shape index (κ3) is 4.34. The van der Waals surface area contributed by atoms with Crippen LogP contribution in [0, 0.1) is 0 Å². The first-order valence-electron chi connectivity index (χ1n) is 10.2. The fourth-order valence-corrected chi connectivity index (χ4v) is 3.65. The summed E-state index contributed by atoms with van der Waals surface area (Å²) < 4.78 is 16.1. The van der Waals surface area contributed by atoms with Gasteiger partial charge in [0.1, 0.15) is 0 Å². The SMILES string of the molecule is COc1cc(C(=O)Nc2ccccc2C2=CC3=CC=CC=C(C3)N=C2)cc(OC)c1OC. The van der Waals surface area contributed by atoms with Crippen LogP contribution in [-0.4, -0.2) is 33.5 Å². The molecule has 6 heteroatoms. The van der Waals surface area contributed by atoms with Gasteiger partial charge in [-0.15, -0.1) is 0 Å². The standard InChI is InChI=1S/C26H24N2O4/c1-30-23-14-18(15-24(31-2)25(23)32-3)26(29)28-22-11-7-6-10-21(22)19-12-17-8-4-5-9-20(13-17)27-16-19/h4-12,14-16H,13H2,1-3H3,(H,28,29). The highest BCUT2D eigenvalue weighted by molar-refractivity contribution is 6.15. The van der Waals surface area contributed by atoms with Crippen LogP contribution in [0.2, 0.25) is 0 Å². The van der Waals surface area contributed by atoms with Gasteiger partial charge < -0.3 is 19.5 Å². The van der Waals surface area contributed by atoms with Crippen LogP contribution in [0.25, 0.3) is 5.57 Å². The molecule has 2 bridgehead atoms. The number of amides is 1. The van der Waals surface area contributed by atoms with E-state index < -0.39 is 0 Å². The molecule has 1 heterocycles. The van der Waals surface area contributed by atoms with Gasteiger partial charge in [-0.05, 0) is 35.9 Å². The number of aliphatic imine (C=N–C) groups is 1. The number of nitrogens with zero attached hydrogens (tertiary/aromatic N) is 1. The van der Waals surface area contributed by atoms with E-state index in [4.69, 9.17) is 14.2 Å². The predicted octanol–water partition coefficient (Wildman–Crippen LogP) is 5.20. The van der Waals surface area contributed by atoms with E-state index in [1.165, 1.54) is 21.3 Å². The van der Waals surface area contributed by atoms with E-state index in [1.807, 2.05) is 48.7 Å². The molecule has 2 aliphatic rings. The van der Waals surface area contributed by atoms with Gasteiger partial charge >= 0.3 is 0 Å². The van der Waals surface area contributed by atoms with Crippen molar-refractivity contribution in [1.29, 1.82) is 0 Å². The molecule has 4 rings (SSSR count). The third-order valence-corrected chi connectivity index (χ3v) is 5.22. The summed E-state index contributed by atoms with van der Waals surface area (Å²) in [6.45, 7) is 0. The minimum atomic E-state index is -0.289. The summed E-state index contributed by atoms with van der Waals surface area (Å²) in [6, 6.07) is 10.9. The van der Waals surface area contributed by atoms with Crippen molar-refractivity contribution in [3.63, 3.8) is 0 Å². The van der Waals surface area contributed by atoms with Crippen LogP contribution in [-0.2, 0) is 0 Å². The second-order valence-corrected chi connectivity index (χ2v) is 7.23. The van der Waals surface area contributed by atoms with E-state index in [9.17, 15) is 4.79 Å². The number of carbonyl (C=O) groups excluding carboxylic acids is 1. The summed E-state index contributed by atoms with van der Waals surface area (Å²) in [5.74, 6) is 0.981. The molecule has 32 heavy (non-hydrogen) atoms. The molecule has 0 saturated heterocycles. The predicted molar refractivity (Wildman–Crippen MR) is 127 cm³/mol. The highest BCUT2D eigenvalue weighted by atomic mass is 16.5. The highest BCUT2D eigenvalue weighted by Gasteiger charge is 2.19. The third-order valence-electron chi connectivity index (χ3n) is 5.22. The fraction of sp³-hybridized carbons (Fsp3) is 0.154. The van der Waals surface area contributed by atoms with Crippen molar-refractivity contribution in [2.75, 3.05) is 26.6 Å². The zero-order valence-electron chi connectivity index (χ0n) is 18.2. The fourth-order valence-electron chi connectivity index (χ4n) is 3.65. The lowest BCUT2D eigenvalue weighted by Crippen LogP contribution is -2.14. The van der Waals surface area contributed by atoms with Crippen molar-refractivity contribution in [2.45, 2.75) is 6.42 Å². The molecule has 162 valence electrons. The smallest absolute Gasteiger partial charge is 0.255 e. The van der Waals surface area contributed by atoms with E-state index in [0.717, 1.165) is 28.8 Å². The zero-order chi connectivity index (χ0) is 22.5. The lowest BCUT2D eigenvalue weighted by atomic mass is 10.0. The minimum Gasteiger partial charge on any atom is -0.493 e. The van der Waals surface area contributed by atoms with Gasteiger partial charge in [-0.3, -0.25) is 9.79 Å². The maximum absolute atomic E-state index is 13.1. The Bertz CT molecular complexity index is 1180. The average molecular weight is 428 g/mol. The number of carbonyl (C=O) groups is 1. The van der Waals surface area contributed by atoms with Crippen LogP contribution in [0.4, 0.5) is 5.69 Å². The number of para-hydroxylation sites is 1. The lowest BCUT2D eigenvalue weighted by molar-refractivity contribution is 0.102. The van der Waals surface area contributed by atoms with Gasteiger partial charge in [0.25, 0.3) is 5.91 Å². The van der Waals surface area contributed by atoms with Crippen LogP contribution >= 0.6 is 0 Å². The van der Waals surface area contributed by atoms with Crippen molar-refractivity contribution < 1.29 is 19.0 Å². The van der Waals surface area contributed by atoms with Gasteiger partial charge in [-0.1, -0.05) is 36.4 Å². The molecule has 1 aliphatic heterocycles. The van der Waals surface area contributed by atoms with Crippen LogP contribution in [0.15, 0.2) is 83.0 Å². The zero-order valence-corrected chi connectivity index (χ0v) is 18.2. The Balaban J connectivity index is 1.68. The number of allylic oxidation sites excluding steroid dienone is 7. The topological polar surface area (TPSA) is 69.2 Å². The highest BCUT2D eigenvalue weighted by Crippen LogP contribution is 2.38. The van der Waals surface area contributed by atoms with E-state index in [-0.39, 0.29) is 5.91 Å². The lowest BCUT2D eigenvalue weighted by Gasteiger charge is -2.15. The van der Waals surface area contributed by atoms with Crippen LogP contribution in [0.3, 0.4) is 0 Å². The molecule has 0 aromatic heterocycles. The molecule has 0 saturated carbocycles. The number of fused-ring (bicyclic) bond motifs is 2. The Morgan fingerprint density at radius 2 is 1.69 bits per heavy atom. The van der Waals surface area contributed by atoms with Gasteiger partial charge in [0, 0.05) is 40.7 Å². The summed E-state index contributed by atoms with van der Waals surface area (Å²) in [7, 11) is 4.56. The molecule has 0 atom stereocenters. The first-order chi connectivity index (χ1) is 15.6. The quantitative estimate of drug-likeness (QED) is 0.686. The van der Waals surface area contributed by atoms with Gasteiger partial charge in [0.05, 0.1) is 21.3 Å². The van der Waals surface area contributed by atoms with Crippen molar-refractivity contribution in [3.05, 3.63) is 89.2 Å². The molecule has 0 unspecified atom stereocenters. The Morgan fingerprint density at radius 1 is 0.969 bits per heavy atom. The Hall–Kier alpha value is -4.06. The molecule has 1 amide bonds. The van der Waals surface area contributed by atoms with E-state index >= 15 is 0 Å². The minimum absolute atomic E-state index is 0.289. The number of anilines is 1. The Labute approximate surface area is 187 Å².